The van der Waals surface area contributed by atoms with Gasteiger partial charge >= 0.3 is 39.2 Å². The van der Waals surface area contributed by atoms with Gasteiger partial charge in [-0.25, -0.2) is 0 Å². The number of carboxylic acid groups (broad SMARTS) is 2. The van der Waals surface area contributed by atoms with Crippen molar-refractivity contribution in [3.63, 3.8) is 0 Å². The van der Waals surface area contributed by atoms with Crippen molar-refractivity contribution in [3.05, 3.63) is 0 Å². The van der Waals surface area contributed by atoms with Gasteiger partial charge in [0, 0.05) is 24.8 Å². The zero-order valence-electron chi connectivity index (χ0n) is 21.4. The maximum atomic E-state index is 11.4. The molecule has 0 spiro atoms. The second kappa shape index (κ2) is 16.6. The standard InChI is InChI=1S/2C13H20O5.Pb/c2*14-12(15)3-1-2-4-13(16)17-8-9-5-6-10-11(7-9)18-10;/h2*9-11H,1-8H2,(H,14,15);/q;;+2/p-2. The molecule has 0 aromatic heterocycles. The summed E-state index contributed by atoms with van der Waals surface area (Å²) in [6.07, 6.45) is 10.7. The maximum absolute atomic E-state index is 11.4. The summed E-state index contributed by atoms with van der Waals surface area (Å²) in [6.45, 7) is 0.956. The van der Waals surface area contributed by atoms with E-state index >= 15 is 0 Å². The van der Waals surface area contributed by atoms with Crippen LogP contribution in [0.1, 0.15) is 89.9 Å². The first-order valence-corrected chi connectivity index (χ1v) is 13.3. The van der Waals surface area contributed by atoms with E-state index in [0.717, 1.165) is 38.5 Å². The summed E-state index contributed by atoms with van der Waals surface area (Å²) in [5.41, 5.74) is 0. The molecule has 2 saturated heterocycles. The van der Waals surface area contributed by atoms with Crippen LogP contribution in [0.25, 0.3) is 0 Å². The Labute approximate surface area is 238 Å². The maximum Gasteiger partial charge on any atom is 2.00 e. The van der Waals surface area contributed by atoms with Gasteiger partial charge in [0.2, 0.25) is 0 Å². The van der Waals surface area contributed by atoms with Gasteiger partial charge in [-0.15, -0.1) is 0 Å². The van der Waals surface area contributed by atoms with Crippen molar-refractivity contribution in [3.8, 4) is 0 Å². The Morgan fingerprint density at radius 3 is 1.32 bits per heavy atom. The van der Waals surface area contributed by atoms with E-state index in [1.54, 1.807) is 0 Å². The molecule has 206 valence electrons. The quantitative estimate of drug-likeness (QED) is 0.107. The smallest absolute Gasteiger partial charge is 0.550 e. The van der Waals surface area contributed by atoms with Crippen molar-refractivity contribution >= 4 is 51.2 Å². The predicted octanol–water partition coefficient (Wildman–Crippen LogP) is 0.434. The van der Waals surface area contributed by atoms with Crippen LogP contribution in [0.2, 0.25) is 0 Å². The van der Waals surface area contributed by atoms with E-state index in [9.17, 15) is 29.4 Å². The van der Waals surface area contributed by atoms with Crippen LogP contribution >= 0.6 is 0 Å². The molecule has 0 aromatic rings. The van der Waals surface area contributed by atoms with Gasteiger partial charge in [0.15, 0.2) is 0 Å². The Morgan fingerprint density at radius 2 is 0.973 bits per heavy atom. The number of aliphatic carboxylic acids is 2. The second-order valence-electron chi connectivity index (χ2n) is 10.3. The number of carbonyl (C=O) groups is 4. The summed E-state index contributed by atoms with van der Waals surface area (Å²) >= 11 is 0. The van der Waals surface area contributed by atoms with Crippen LogP contribution in [0.3, 0.4) is 0 Å². The largest absolute Gasteiger partial charge is 2.00 e. The SMILES string of the molecule is O=C([O-])CCCCC(=O)OCC1CCC2OC2C1.O=C([O-])CCCCC(=O)OCC1CCC2OC2C1.[Pb+2]. The average molecular weight is 718 g/mol. The predicted molar refractivity (Wildman–Crippen MR) is 127 cm³/mol. The van der Waals surface area contributed by atoms with Crippen molar-refractivity contribution in [1.82, 2.24) is 0 Å². The van der Waals surface area contributed by atoms with Gasteiger partial charge in [0.1, 0.15) is 0 Å². The van der Waals surface area contributed by atoms with Crippen LogP contribution in [0.4, 0.5) is 0 Å². The minimum Gasteiger partial charge on any atom is -0.550 e. The Balaban J connectivity index is 0.000000253. The van der Waals surface area contributed by atoms with Gasteiger partial charge in [-0.2, -0.15) is 0 Å². The molecular formula is C26H38O10Pb. The molecule has 2 aliphatic heterocycles. The van der Waals surface area contributed by atoms with Gasteiger partial charge in [-0.3, -0.25) is 9.59 Å². The first-order valence-electron chi connectivity index (χ1n) is 13.3. The molecule has 2 heterocycles. The van der Waals surface area contributed by atoms with Crippen LogP contribution in [0, 0.1) is 11.8 Å². The van der Waals surface area contributed by atoms with Crippen LogP contribution in [-0.4, -0.2) is 88.8 Å². The number of rotatable bonds is 14. The van der Waals surface area contributed by atoms with Gasteiger partial charge in [0.05, 0.1) is 37.6 Å². The van der Waals surface area contributed by atoms with Gasteiger partial charge in [-0.05, 0) is 88.9 Å². The first kappa shape index (κ1) is 31.9. The Hall–Kier alpha value is -1.28. The van der Waals surface area contributed by atoms with E-state index in [2.05, 4.69) is 0 Å². The number of esters is 2. The minimum atomic E-state index is -1.07. The number of hydrogen-bond acceptors (Lipinski definition) is 10. The molecule has 4 aliphatic rings. The first-order chi connectivity index (χ1) is 17.3. The Bertz CT molecular complexity index is 698. The molecule has 4 rings (SSSR count). The molecule has 0 bridgehead atoms. The molecule has 0 aromatic carbocycles. The minimum absolute atomic E-state index is 0. The molecule has 0 amide bonds. The normalized spacial score (nSPS) is 28.6. The van der Waals surface area contributed by atoms with E-state index in [-0.39, 0.29) is 52.1 Å². The molecule has 37 heavy (non-hydrogen) atoms. The van der Waals surface area contributed by atoms with Crippen molar-refractivity contribution in [1.29, 1.82) is 0 Å². The Kier molecular flexibility index (Phi) is 14.4. The van der Waals surface area contributed by atoms with E-state index in [1.165, 1.54) is 0 Å². The van der Waals surface area contributed by atoms with Crippen molar-refractivity contribution in [2.45, 2.75) is 114 Å². The van der Waals surface area contributed by atoms with Gasteiger partial charge in [0.25, 0.3) is 0 Å². The molecule has 4 fully saturated rings. The molecule has 0 N–H and O–H groups in total. The van der Waals surface area contributed by atoms with E-state index in [1.807, 2.05) is 0 Å². The van der Waals surface area contributed by atoms with Gasteiger partial charge in [-0.1, -0.05) is 0 Å². The molecule has 10 nitrogen and oxygen atoms in total. The number of epoxide rings is 2. The Morgan fingerprint density at radius 1 is 0.595 bits per heavy atom. The molecule has 2 saturated carbocycles. The molecule has 2 radical (unpaired) electrons. The van der Waals surface area contributed by atoms with Crippen LogP contribution in [-0.2, 0) is 38.1 Å². The third-order valence-electron chi connectivity index (χ3n) is 7.21. The number of unbranched alkanes of at least 4 members (excludes halogenated alkanes) is 2. The molecule has 6 unspecified atom stereocenters. The third kappa shape index (κ3) is 13.4. The summed E-state index contributed by atoms with van der Waals surface area (Å²) < 4.78 is 21.2. The molecule has 2 aliphatic carbocycles. The summed E-state index contributed by atoms with van der Waals surface area (Å²) in [5, 5.41) is 20.3. The monoisotopic (exact) mass is 718 g/mol. The summed E-state index contributed by atoms with van der Waals surface area (Å²) in [5.74, 6) is -1.73. The third-order valence-corrected chi connectivity index (χ3v) is 7.21. The second-order valence-corrected chi connectivity index (χ2v) is 10.3. The number of fused-ring (bicyclic) bond motifs is 2. The van der Waals surface area contributed by atoms with Crippen molar-refractivity contribution in [2.24, 2.45) is 11.8 Å². The summed E-state index contributed by atoms with van der Waals surface area (Å²) in [4.78, 5) is 43.2. The number of carbonyl (C=O) groups excluding carboxylic acids is 4. The van der Waals surface area contributed by atoms with E-state index in [4.69, 9.17) is 18.9 Å². The topological polar surface area (TPSA) is 158 Å². The van der Waals surface area contributed by atoms with Crippen LogP contribution < -0.4 is 10.2 Å². The number of hydrogen-bond donors (Lipinski definition) is 0. The van der Waals surface area contributed by atoms with Crippen LogP contribution in [0.5, 0.6) is 0 Å². The van der Waals surface area contributed by atoms with Crippen molar-refractivity contribution < 1.29 is 48.3 Å². The van der Waals surface area contributed by atoms with Crippen molar-refractivity contribution in [2.75, 3.05) is 13.2 Å². The van der Waals surface area contributed by atoms with E-state index in [0.29, 0.717) is 88.0 Å². The fraction of sp³-hybridized carbons (Fsp3) is 0.846. The fourth-order valence-electron chi connectivity index (χ4n) is 4.92. The fourth-order valence-corrected chi connectivity index (χ4v) is 4.92. The zero-order chi connectivity index (χ0) is 25.9. The number of ether oxygens (including phenoxy) is 4. The molecule has 11 heteroatoms. The summed E-state index contributed by atoms with van der Waals surface area (Å²) in [7, 11) is 0. The van der Waals surface area contributed by atoms with Crippen LogP contribution in [0.15, 0.2) is 0 Å². The summed E-state index contributed by atoms with van der Waals surface area (Å²) in [6, 6.07) is 0. The van der Waals surface area contributed by atoms with Gasteiger partial charge < -0.3 is 38.7 Å². The zero-order valence-corrected chi connectivity index (χ0v) is 25.2. The molecule has 6 atom stereocenters. The average Bonchev–Trinajstić information content (AvgIpc) is 3.76. The van der Waals surface area contributed by atoms with E-state index < -0.39 is 11.9 Å². The molecular weight excluding hydrogens is 679 g/mol. The number of carboxylic acids is 2.